The summed E-state index contributed by atoms with van der Waals surface area (Å²) >= 11 is 0. The first kappa shape index (κ1) is 13.8. The Morgan fingerprint density at radius 2 is 2.00 bits per heavy atom. The fraction of sp³-hybridized carbons (Fsp3) is 0.929. The van der Waals surface area contributed by atoms with Gasteiger partial charge in [0, 0.05) is 25.2 Å². The summed E-state index contributed by atoms with van der Waals surface area (Å²) < 4.78 is 0. The Kier molecular flexibility index (Phi) is 3.97. The standard InChI is InChI=1S/C14H27N3O/c1-4-8-14(2,15)13(18)17-9-7-11-5-6-12(10-17)16(11)3/h11-12H,4-10,15H2,1-3H3. The monoisotopic (exact) mass is 253 g/mol. The maximum absolute atomic E-state index is 12.5. The molecule has 2 heterocycles. The van der Waals surface area contributed by atoms with Crippen LogP contribution in [0.1, 0.15) is 46.0 Å². The zero-order chi connectivity index (χ0) is 13.3. The van der Waals surface area contributed by atoms with Crippen LogP contribution in [0.3, 0.4) is 0 Å². The molecule has 2 aliphatic rings. The topological polar surface area (TPSA) is 49.6 Å². The summed E-state index contributed by atoms with van der Waals surface area (Å²) in [7, 11) is 2.20. The van der Waals surface area contributed by atoms with Crippen LogP contribution in [0.25, 0.3) is 0 Å². The van der Waals surface area contributed by atoms with Crippen LogP contribution in [0.4, 0.5) is 0 Å². The van der Waals surface area contributed by atoms with Crippen LogP contribution < -0.4 is 5.73 Å². The quantitative estimate of drug-likeness (QED) is 0.822. The Balaban J connectivity index is 2.04. The molecule has 18 heavy (non-hydrogen) atoms. The Labute approximate surface area is 110 Å². The molecule has 2 rings (SSSR count). The van der Waals surface area contributed by atoms with Crippen molar-refractivity contribution < 1.29 is 4.79 Å². The number of amides is 1. The molecule has 4 heteroatoms. The Bertz CT molecular complexity index is 316. The Hall–Kier alpha value is -0.610. The highest BCUT2D eigenvalue weighted by atomic mass is 16.2. The Morgan fingerprint density at radius 3 is 2.67 bits per heavy atom. The van der Waals surface area contributed by atoms with E-state index in [2.05, 4.69) is 18.9 Å². The van der Waals surface area contributed by atoms with Crippen molar-refractivity contribution in [2.24, 2.45) is 5.73 Å². The average molecular weight is 253 g/mol. The summed E-state index contributed by atoms with van der Waals surface area (Å²) in [5.41, 5.74) is 5.50. The van der Waals surface area contributed by atoms with Crippen LogP contribution in [0.2, 0.25) is 0 Å². The minimum atomic E-state index is -0.684. The number of likely N-dealkylation sites (tertiary alicyclic amines) is 1. The van der Waals surface area contributed by atoms with Gasteiger partial charge in [0.25, 0.3) is 0 Å². The fourth-order valence-electron chi connectivity index (χ4n) is 3.48. The highest BCUT2D eigenvalue weighted by Gasteiger charge is 2.39. The average Bonchev–Trinajstić information content (AvgIpc) is 2.52. The maximum Gasteiger partial charge on any atom is 0.242 e. The Morgan fingerprint density at radius 1 is 1.33 bits per heavy atom. The van der Waals surface area contributed by atoms with Crippen LogP contribution >= 0.6 is 0 Å². The van der Waals surface area contributed by atoms with Crippen molar-refractivity contribution in [1.29, 1.82) is 0 Å². The summed E-state index contributed by atoms with van der Waals surface area (Å²) in [5, 5.41) is 0. The van der Waals surface area contributed by atoms with Crippen molar-refractivity contribution in [2.75, 3.05) is 20.1 Å². The largest absolute Gasteiger partial charge is 0.339 e. The normalized spacial score (nSPS) is 32.1. The third-order valence-electron chi connectivity index (χ3n) is 4.69. The molecule has 0 spiro atoms. The molecular weight excluding hydrogens is 226 g/mol. The SMILES string of the molecule is CCCC(C)(N)C(=O)N1CCC2CCC(C1)N2C. The van der Waals surface area contributed by atoms with E-state index in [0.717, 1.165) is 32.4 Å². The van der Waals surface area contributed by atoms with Crippen molar-refractivity contribution in [3.63, 3.8) is 0 Å². The predicted octanol–water partition coefficient (Wildman–Crippen LogP) is 1.20. The second-order valence-electron chi connectivity index (χ2n) is 6.26. The van der Waals surface area contributed by atoms with E-state index in [0.29, 0.717) is 12.1 Å². The first-order chi connectivity index (χ1) is 8.45. The zero-order valence-electron chi connectivity index (χ0n) is 12.0. The lowest BCUT2D eigenvalue weighted by Crippen LogP contribution is -2.54. The molecule has 2 N–H and O–H groups in total. The number of rotatable bonds is 3. The number of fused-ring (bicyclic) bond motifs is 2. The molecule has 3 atom stereocenters. The molecule has 104 valence electrons. The molecule has 2 fully saturated rings. The molecule has 0 aromatic carbocycles. The summed E-state index contributed by atoms with van der Waals surface area (Å²) in [5.74, 6) is 0.144. The number of carbonyl (C=O) groups excluding carboxylic acids is 1. The molecule has 0 radical (unpaired) electrons. The minimum Gasteiger partial charge on any atom is -0.339 e. The number of hydrogen-bond donors (Lipinski definition) is 1. The molecule has 2 aliphatic heterocycles. The van der Waals surface area contributed by atoms with Gasteiger partial charge in [-0.15, -0.1) is 0 Å². The first-order valence-electron chi connectivity index (χ1n) is 7.26. The molecule has 1 amide bonds. The molecule has 0 saturated carbocycles. The van der Waals surface area contributed by atoms with E-state index in [9.17, 15) is 4.79 Å². The lowest BCUT2D eigenvalue weighted by molar-refractivity contribution is -0.137. The van der Waals surface area contributed by atoms with Crippen molar-refractivity contribution in [2.45, 2.75) is 63.6 Å². The van der Waals surface area contributed by atoms with E-state index >= 15 is 0 Å². The first-order valence-corrected chi connectivity index (χ1v) is 7.26. The predicted molar refractivity (Wildman–Crippen MR) is 73.3 cm³/mol. The van der Waals surface area contributed by atoms with Crippen molar-refractivity contribution >= 4 is 5.91 Å². The second kappa shape index (κ2) is 5.17. The van der Waals surface area contributed by atoms with Crippen LogP contribution in [-0.4, -0.2) is 53.5 Å². The highest BCUT2D eigenvalue weighted by molar-refractivity contribution is 5.85. The summed E-state index contributed by atoms with van der Waals surface area (Å²) in [6.07, 6.45) is 5.34. The van der Waals surface area contributed by atoms with Gasteiger partial charge in [-0.3, -0.25) is 9.69 Å². The van der Waals surface area contributed by atoms with Crippen molar-refractivity contribution in [3.8, 4) is 0 Å². The van der Waals surface area contributed by atoms with E-state index in [4.69, 9.17) is 5.73 Å². The number of nitrogens with zero attached hydrogens (tertiary/aromatic N) is 2. The van der Waals surface area contributed by atoms with Crippen LogP contribution in [0.15, 0.2) is 0 Å². The van der Waals surface area contributed by atoms with Gasteiger partial charge in [0.2, 0.25) is 5.91 Å². The number of carbonyl (C=O) groups is 1. The minimum absolute atomic E-state index is 0.144. The van der Waals surface area contributed by atoms with Crippen LogP contribution in [-0.2, 0) is 4.79 Å². The van der Waals surface area contributed by atoms with Crippen molar-refractivity contribution in [3.05, 3.63) is 0 Å². The lowest BCUT2D eigenvalue weighted by Gasteiger charge is -2.33. The summed E-state index contributed by atoms with van der Waals surface area (Å²) in [6, 6.07) is 1.21. The molecule has 0 aromatic heterocycles. The van der Waals surface area contributed by atoms with E-state index < -0.39 is 5.54 Å². The summed E-state index contributed by atoms with van der Waals surface area (Å²) in [6.45, 7) is 5.70. The van der Waals surface area contributed by atoms with Gasteiger partial charge in [-0.25, -0.2) is 0 Å². The van der Waals surface area contributed by atoms with Gasteiger partial charge in [0.1, 0.15) is 0 Å². The number of likely N-dealkylation sites (N-methyl/N-ethyl adjacent to an activating group) is 1. The smallest absolute Gasteiger partial charge is 0.242 e. The van der Waals surface area contributed by atoms with E-state index in [-0.39, 0.29) is 5.91 Å². The van der Waals surface area contributed by atoms with Crippen LogP contribution in [0, 0.1) is 0 Å². The van der Waals surface area contributed by atoms with Gasteiger partial charge in [-0.05, 0) is 39.7 Å². The van der Waals surface area contributed by atoms with Gasteiger partial charge >= 0.3 is 0 Å². The molecule has 4 nitrogen and oxygen atoms in total. The van der Waals surface area contributed by atoms with Gasteiger partial charge in [0.05, 0.1) is 5.54 Å². The van der Waals surface area contributed by atoms with E-state index in [1.807, 2.05) is 11.8 Å². The van der Waals surface area contributed by atoms with Crippen LogP contribution in [0.5, 0.6) is 0 Å². The van der Waals surface area contributed by atoms with Gasteiger partial charge in [0.15, 0.2) is 0 Å². The molecular formula is C14H27N3O. The third kappa shape index (κ3) is 2.54. The van der Waals surface area contributed by atoms with Gasteiger partial charge in [-0.2, -0.15) is 0 Å². The van der Waals surface area contributed by atoms with Crippen molar-refractivity contribution in [1.82, 2.24) is 9.80 Å². The van der Waals surface area contributed by atoms with E-state index in [1.165, 1.54) is 12.8 Å². The summed E-state index contributed by atoms with van der Waals surface area (Å²) in [4.78, 5) is 17.0. The molecule has 0 aromatic rings. The van der Waals surface area contributed by atoms with Gasteiger partial charge < -0.3 is 10.6 Å². The molecule has 2 bridgehead atoms. The highest BCUT2D eigenvalue weighted by Crippen LogP contribution is 2.29. The van der Waals surface area contributed by atoms with Gasteiger partial charge in [-0.1, -0.05) is 13.3 Å². The maximum atomic E-state index is 12.5. The molecule has 0 aliphatic carbocycles. The third-order valence-corrected chi connectivity index (χ3v) is 4.69. The number of hydrogen-bond acceptors (Lipinski definition) is 3. The fourth-order valence-corrected chi connectivity index (χ4v) is 3.48. The second-order valence-corrected chi connectivity index (χ2v) is 6.26. The number of nitrogens with two attached hydrogens (primary N) is 1. The van der Waals surface area contributed by atoms with E-state index in [1.54, 1.807) is 0 Å². The lowest BCUT2D eigenvalue weighted by atomic mass is 9.95. The zero-order valence-corrected chi connectivity index (χ0v) is 12.0. The molecule has 2 saturated heterocycles. The molecule has 3 unspecified atom stereocenters.